The van der Waals surface area contributed by atoms with Crippen LogP contribution in [0.15, 0.2) is 34.5 Å². The quantitative estimate of drug-likeness (QED) is 0.324. The summed E-state index contributed by atoms with van der Waals surface area (Å²) in [5.41, 5.74) is 0.568. The minimum Gasteiger partial charge on any atom is -0.495 e. The summed E-state index contributed by atoms with van der Waals surface area (Å²) in [5, 5.41) is 11.2. The molecular weight excluding hydrogens is 473 g/mol. The van der Waals surface area contributed by atoms with Crippen molar-refractivity contribution in [2.45, 2.75) is 26.8 Å². The number of nitrogens with zero attached hydrogens (tertiary/aromatic N) is 2. The maximum absolute atomic E-state index is 12.8. The fraction of sp³-hybridized carbons (Fsp3) is 0.364. The minimum atomic E-state index is -1.42. The summed E-state index contributed by atoms with van der Waals surface area (Å²) in [7, 11) is 2.86. The molecule has 1 unspecified atom stereocenters. The second kappa shape index (κ2) is 12.3. The minimum absolute atomic E-state index is 0.247. The Hall–Kier alpha value is -3.04. The number of ketones is 1. The molecule has 0 saturated carbocycles. The van der Waals surface area contributed by atoms with Crippen LogP contribution in [-0.4, -0.2) is 45.2 Å². The molecule has 1 amide bonds. The lowest BCUT2D eigenvalue weighted by molar-refractivity contribution is -0.126. The van der Waals surface area contributed by atoms with Crippen LogP contribution in [0.4, 0.5) is 11.4 Å². The van der Waals surface area contributed by atoms with Gasteiger partial charge < -0.3 is 24.3 Å². The summed E-state index contributed by atoms with van der Waals surface area (Å²) in [6.07, 6.45) is 0. The molecule has 2 rings (SSSR count). The first-order valence-electron chi connectivity index (χ1n) is 9.98. The Balaban J connectivity index is 2.35. The molecule has 0 saturated heterocycles. The van der Waals surface area contributed by atoms with E-state index in [9.17, 15) is 9.59 Å². The van der Waals surface area contributed by atoms with Gasteiger partial charge >= 0.3 is 0 Å². The highest BCUT2D eigenvalue weighted by Gasteiger charge is 2.24. The summed E-state index contributed by atoms with van der Waals surface area (Å²) in [4.78, 5) is 25.0. The Morgan fingerprint density at radius 2 is 1.52 bits per heavy atom. The van der Waals surface area contributed by atoms with Crippen molar-refractivity contribution >= 4 is 46.3 Å². The van der Waals surface area contributed by atoms with E-state index in [2.05, 4.69) is 15.5 Å². The van der Waals surface area contributed by atoms with Crippen molar-refractivity contribution in [3.63, 3.8) is 0 Å². The van der Waals surface area contributed by atoms with Gasteiger partial charge in [-0.3, -0.25) is 9.59 Å². The normalized spacial score (nSPS) is 11.7. The summed E-state index contributed by atoms with van der Waals surface area (Å²) in [6, 6.07) is 4.65. The Kier molecular flexibility index (Phi) is 9.74. The summed E-state index contributed by atoms with van der Waals surface area (Å²) >= 11 is 12.4. The summed E-state index contributed by atoms with van der Waals surface area (Å²) in [6.45, 7) is 5.58. The molecule has 33 heavy (non-hydrogen) atoms. The molecule has 2 aromatic rings. The van der Waals surface area contributed by atoms with Crippen molar-refractivity contribution in [2.24, 2.45) is 10.2 Å². The van der Waals surface area contributed by atoms with Gasteiger partial charge in [0.2, 0.25) is 6.04 Å². The molecule has 0 heterocycles. The van der Waals surface area contributed by atoms with E-state index in [0.717, 1.165) is 0 Å². The summed E-state index contributed by atoms with van der Waals surface area (Å²) < 4.78 is 21.4. The lowest BCUT2D eigenvalue weighted by Crippen LogP contribution is -2.31. The standard InChI is InChI=1S/C22H25Cl2N3O6/c1-6-32-16-11-15(17(33-7-2)10-14(16)23)26-27-21(12(3)28)22(29)25-13-8-18(30-4)20(24)19(9-13)31-5/h8-11,21H,6-7H2,1-5H3,(H,25,29). The van der Waals surface area contributed by atoms with Gasteiger partial charge in [0.15, 0.2) is 5.78 Å². The molecule has 0 aromatic heterocycles. The molecule has 2 aromatic carbocycles. The number of azo groups is 1. The topological polar surface area (TPSA) is 108 Å². The van der Waals surface area contributed by atoms with Crippen molar-refractivity contribution in [1.29, 1.82) is 0 Å². The fourth-order valence-electron chi connectivity index (χ4n) is 2.73. The van der Waals surface area contributed by atoms with Gasteiger partial charge in [-0.1, -0.05) is 23.2 Å². The SMILES string of the molecule is CCOc1cc(N=NC(C(C)=O)C(=O)Nc2cc(OC)c(Cl)c(OC)c2)c(OCC)cc1Cl. The number of hydrogen-bond donors (Lipinski definition) is 1. The van der Waals surface area contributed by atoms with Crippen LogP contribution in [0.3, 0.4) is 0 Å². The Labute approximate surface area is 202 Å². The lowest BCUT2D eigenvalue weighted by atomic mass is 10.2. The van der Waals surface area contributed by atoms with Crippen molar-refractivity contribution < 1.29 is 28.5 Å². The molecule has 0 aliphatic rings. The zero-order chi connectivity index (χ0) is 24.5. The van der Waals surface area contributed by atoms with Gasteiger partial charge in [0, 0.05) is 30.0 Å². The highest BCUT2D eigenvalue weighted by atomic mass is 35.5. The number of carbonyl (C=O) groups excluding carboxylic acids is 2. The zero-order valence-electron chi connectivity index (χ0n) is 18.9. The van der Waals surface area contributed by atoms with Gasteiger partial charge in [-0.2, -0.15) is 10.2 Å². The highest BCUT2D eigenvalue weighted by Crippen LogP contribution is 2.39. The summed E-state index contributed by atoms with van der Waals surface area (Å²) in [5.74, 6) is 0.0812. The average molecular weight is 498 g/mol. The number of Topliss-reactive ketones (excluding diaryl/α,β-unsaturated/α-hetero) is 1. The monoisotopic (exact) mass is 497 g/mol. The number of ether oxygens (including phenoxy) is 4. The van der Waals surface area contributed by atoms with E-state index in [1.54, 1.807) is 13.0 Å². The van der Waals surface area contributed by atoms with Gasteiger partial charge in [-0.15, -0.1) is 0 Å². The van der Waals surface area contributed by atoms with Gasteiger partial charge in [-0.05, 0) is 20.8 Å². The lowest BCUT2D eigenvalue weighted by Gasteiger charge is -2.14. The molecule has 0 bridgehead atoms. The van der Waals surface area contributed by atoms with Crippen LogP contribution in [0.5, 0.6) is 23.0 Å². The third-order valence-corrected chi connectivity index (χ3v) is 4.91. The van der Waals surface area contributed by atoms with Crippen LogP contribution in [0, 0.1) is 0 Å². The molecule has 1 atom stereocenters. The molecule has 0 radical (unpaired) electrons. The number of methoxy groups -OCH3 is 2. The third kappa shape index (κ3) is 6.72. The molecule has 9 nitrogen and oxygen atoms in total. The van der Waals surface area contributed by atoms with Gasteiger partial charge in [0.25, 0.3) is 5.91 Å². The smallest absolute Gasteiger partial charge is 0.258 e. The third-order valence-electron chi connectivity index (χ3n) is 4.24. The molecule has 0 fully saturated rings. The number of nitrogens with one attached hydrogen (secondary N) is 1. The molecular formula is C22H25Cl2N3O6. The van der Waals surface area contributed by atoms with Crippen LogP contribution in [0.1, 0.15) is 20.8 Å². The fourth-order valence-corrected chi connectivity index (χ4v) is 3.20. The van der Waals surface area contributed by atoms with Crippen LogP contribution >= 0.6 is 23.2 Å². The number of benzene rings is 2. The number of rotatable bonds is 11. The number of carbonyl (C=O) groups is 2. The first kappa shape index (κ1) is 26.2. The van der Waals surface area contributed by atoms with Gasteiger partial charge in [-0.25, -0.2) is 0 Å². The van der Waals surface area contributed by atoms with E-state index in [1.165, 1.54) is 39.3 Å². The van der Waals surface area contributed by atoms with E-state index in [0.29, 0.717) is 46.9 Å². The largest absolute Gasteiger partial charge is 0.495 e. The zero-order valence-corrected chi connectivity index (χ0v) is 20.4. The van der Waals surface area contributed by atoms with E-state index in [-0.39, 0.29) is 10.7 Å². The second-order valence-corrected chi connectivity index (χ2v) is 7.31. The first-order valence-corrected chi connectivity index (χ1v) is 10.7. The second-order valence-electron chi connectivity index (χ2n) is 6.53. The number of anilines is 1. The maximum atomic E-state index is 12.8. The number of hydrogen-bond acceptors (Lipinski definition) is 8. The Morgan fingerprint density at radius 3 is 2.03 bits per heavy atom. The Morgan fingerprint density at radius 1 is 0.939 bits per heavy atom. The van der Waals surface area contributed by atoms with Crippen LogP contribution in [0.2, 0.25) is 10.0 Å². The predicted molar refractivity (Wildman–Crippen MR) is 126 cm³/mol. The predicted octanol–water partition coefficient (Wildman–Crippen LogP) is 5.49. The van der Waals surface area contributed by atoms with Crippen molar-refractivity contribution in [1.82, 2.24) is 0 Å². The number of amides is 1. The first-order chi connectivity index (χ1) is 15.7. The molecule has 0 aliphatic carbocycles. The highest BCUT2D eigenvalue weighted by molar-refractivity contribution is 6.33. The van der Waals surface area contributed by atoms with Gasteiger partial charge in [0.05, 0.1) is 32.5 Å². The Bertz CT molecular complexity index is 1020. The molecule has 178 valence electrons. The molecule has 0 spiro atoms. The number of halogens is 2. The van der Waals surface area contributed by atoms with Crippen molar-refractivity contribution in [2.75, 3.05) is 32.8 Å². The maximum Gasteiger partial charge on any atom is 0.258 e. The van der Waals surface area contributed by atoms with E-state index >= 15 is 0 Å². The average Bonchev–Trinajstić information content (AvgIpc) is 2.77. The van der Waals surface area contributed by atoms with Crippen LogP contribution in [-0.2, 0) is 9.59 Å². The van der Waals surface area contributed by atoms with E-state index in [4.69, 9.17) is 42.1 Å². The van der Waals surface area contributed by atoms with Crippen LogP contribution < -0.4 is 24.3 Å². The van der Waals surface area contributed by atoms with E-state index in [1.807, 2.05) is 6.92 Å². The van der Waals surface area contributed by atoms with Crippen LogP contribution in [0.25, 0.3) is 0 Å². The van der Waals surface area contributed by atoms with Gasteiger partial charge in [0.1, 0.15) is 33.7 Å². The molecule has 0 aliphatic heterocycles. The van der Waals surface area contributed by atoms with Crippen molar-refractivity contribution in [3.8, 4) is 23.0 Å². The molecule has 11 heteroatoms. The van der Waals surface area contributed by atoms with E-state index < -0.39 is 17.7 Å². The van der Waals surface area contributed by atoms with Crippen molar-refractivity contribution in [3.05, 3.63) is 34.3 Å². The molecule has 1 N–H and O–H groups in total.